The maximum atomic E-state index is 11.1. The molecule has 0 N–H and O–H groups in total. The van der Waals surface area contributed by atoms with Crippen LogP contribution < -0.4 is 4.74 Å². The molecular weight excluding hydrogens is 316 g/mol. The molecule has 1 aromatic heterocycles. The minimum atomic E-state index is -0.395. The van der Waals surface area contributed by atoms with Gasteiger partial charge >= 0.3 is 0 Å². The average Bonchev–Trinajstić information content (AvgIpc) is 2.64. The van der Waals surface area contributed by atoms with Gasteiger partial charge in [-0.25, -0.2) is 4.98 Å². The van der Waals surface area contributed by atoms with Gasteiger partial charge in [0.1, 0.15) is 12.4 Å². The van der Waals surface area contributed by atoms with Crippen LogP contribution in [-0.2, 0) is 0 Å². The van der Waals surface area contributed by atoms with E-state index in [2.05, 4.69) is 11.6 Å². The van der Waals surface area contributed by atoms with Gasteiger partial charge < -0.3 is 4.74 Å². The first-order valence-corrected chi connectivity index (χ1v) is 7.73. The third-order valence-electron chi connectivity index (χ3n) is 3.60. The van der Waals surface area contributed by atoms with Crippen molar-refractivity contribution < 1.29 is 9.66 Å². The number of hydrogen-bond acceptors (Lipinski definition) is 4. The third-order valence-corrected chi connectivity index (χ3v) is 3.60. The number of nitro groups is 1. The third kappa shape index (κ3) is 3.90. The van der Waals surface area contributed by atoms with Crippen LogP contribution in [0.1, 0.15) is 11.3 Å². The van der Waals surface area contributed by atoms with Gasteiger partial charge in [0.15, 0.2) is 0 Å². The quantitative estimate of drug-likeness (QED) is 0.367. The fourth-order valence-electron chi connectivity index (χ4n) is 2.45. The SMILES string of the molecule is C=CCOc1cccc(/C=C/c2ccc3c([N+](=O)[O-])cccc3n2)c1. The van der Waals surface area contributed by atoms with Crippen LogP contribution in [0.3, 0.4) is 0 Å². The first-order valence-electron chi connectivity index (χ1n) is 7.73. The lowest BCUT2D eigenvalue weighted by Gasteiger charge is -2.03. The van der Waals surface area contributed by atoms with E-state index in [9.17, 15) is 10.1 Å². The second-order valence-electron chi connectivity index (χ2n) is 5.34. The zero-order valence-corrected chi connectivity index (χ0v) is 13.5. The monoisotopic (exact) mass is 332 g/mol. The number of non-ortho nitro benzene ring substituents is 1. The highest BCUT2D eigenvalue weighted by atomic mass is 16.6. The van der Waals surface area contributed by atoms with E-state index in [1.807, 2.05) is 36.4 Å². The molecule has 0 bridgehead atoms. The maximum absolute atomic E-state index is 11.1. The Balaban J connectivity index is 1.86. The number of hydrogen-bond donors (Lipinski definition) is 0. The van der Waals surface area contributed by atoms with Crippen LogP contribution in [-0.4, -0.2) is 16.5 Å². The molecule has 25 heavy (non-hydrogen) atoms. The molecule has 5 heteroatoms. The molecule has 0 aliphatic carbocycles. The minimum Gasteiger partial charge on any atom is -0.490 e. The molecule has 0 saturated heterocycles. The van der Waals surface area contributed by atoms with Crippen molar-refractivity contribution in [3.05, 3.63) is 88.6 Å². The number of benzene rings is 2. The smallest absolute Gasteiger partial charge is 0.278 e. The molecule has 0 unspecified atom stereocenters. The van der Waals surface area contributed by atoms with Gasteiger partial charge in [-0.2, -0.15) is 0 Å². The molecule has 3 rings (SSSR count). The summed E-state index contributed by atoms with van der Waals surface area (Å²) in [6.45, 7) is 4.08. The van der Waals surface area contributed by atoms with E-state index < -0.39 is 4.92 Å². The number of rotatable bonds is 6. The van der Waals surface area contributed by atoms with E-state index in [1.165, 1.54) is 6.07 Å². The van der Waals surface area contributed by atoms with Crippen LogP contribution in [0.2, 0.25) is 0 Å². The standard InChI is InChI=1S/C20H16N2O3/c1-2-13-25-17-6-3-5-15(14-17)9-10-16-11-12-18-19(21-16)7-4-8-20(18)22(23)24/h2-12,14H,1,13H2/b10-9+. The van der Waals surface area contributed by atoms with Crippen molar-refractivity contribution in [2.45, 2.75) is 0 Å². The van der Waals surface area contributed by atoms with Crippen molar-refractivity contribution in [3.8, 4) is 5.75 Å². The number of pyridine rings is 1. The van der Waals surface area contributed by atoms with Crippen LogP contribution >= 0.6 is 0 Å². The summed E-state index contributed by atoms with van der Waals surface area (Å²) in [6.07, 6.45) is 5.48. The highest BCUT2D eigenvalue weighted by Crippen LogP contribution is 2.24. The molecule has 0 spiro atoms. The predicted molar refractivity (Wildman–Crippen MR) is 99.5 cm³/mol. The second-order valence-corrected chi connectivity index (χ2v) is 5.34. The summed E-state index contributed by atoms with van der Waals surface area (Å²) < 4.78 is 5.51. The fraction of sp³-hybridized carbons (Fsp3) is 0.0500. The summed E-state index contributed by atoms with van der Waals surface area (Å²) >= 11 is 0. The van der Waals surface area contributed by atoms with Gasteiger partial charge in [0.05, 0.1) is 21.5 Å². The van der Waals surface area contributed by atoms with E-state index in [-0.39, 0.29) is 5.69 Å². The molecule has 5 nitrogen and oxygen atoms in total. The topological polar surface area (TPSA) is 65.3 Å². The molecule has 0 amide bonds. The van der Waals surface area contributed by atoms with Crippen LogP contribution in [0.25, 0.3) is 23.1 Å². The molecular formula is C20H16N2O3. The van der Waals surface area contributed by atoms with Crippen LogP contribution in [0.4, 0.5) is 5.69 Å². The Morgan fingerprint density at radius 3 is 2.76 bits per heavy atom. The minimum absolute atomic E-state index is 0.0626. The highest BCUT2D eigenvalue weighted by Gasteiger charge is 2.11. The van der Waals surface area contributed by atoms with Crippen molar-refractivity contribution in [2.75, 3.05) is 6.61 Å². The molecule has 0 fully saturated rings. The lowest BCUT2D eigenvalue weighted by molar-refractivity contribution is -0.383. The summed E-state index contributed by atoms with van der Waals surface area (Å²) in [5.74, 6) is 0.768. The van der Waals surface area contributed by atoms with Gasteiger partial charge in [0.2, 0.25) is 0 Å². The van der Waals surface area contributed by atoms with Crippen molar-refractivity contribution in [3.63, 3.8) is 0 Å². The van der Waals surface area contributed by atoms with E-state index in [1.54, 1.807) is 30.3 Å². The number of fused-ring (bicyclic) bond motifs is 1. The van der Waals surface area contributed by atoms with E-state index in [0.29, 0.717) is 17.5 Å². The van der Waals surface area contributed by atoms with Crippen molar-refractivity contribution in [1.29, 1.82) is 0 Å². The number of nitrogens with zero attached hydrogens (tertiary/aromatic N) is 2. The number of aromatic nitrogens is 1. The Labute approximate surface area is 145 Å². The van der Waals surface area contributed by atoms with E-state index in [4.69, 9.17) is 4.74 Å². The maximum Gasteiger partial charge on any atom is 0.278 e. The van der Waals surface area contributed by atoms with E-state index in [0.717, 1.165) is 17.0 Å². The van der Waals surface area contributed by atoms with Gasteiger partial charge in [-0.15, -0.1) is 0 Å². The van der Waals surface area contributed by atoms with Crippen LogP contribution in [0, 0.1) is 10.1 Å². The molecule has 0 saturated carbocycles. The highest BCUT2D eigenvalue weighted by molar-refractivity contribution is 5.88. The molecule has 0 aliphatic rings. The van der Waals surface area contributed by atoms with Gasteiger partial charge in [-0.05, 0) is 42.0 Å². The lowest BCUT2D eigenvalue weighted by atomic mass is 10.1. The molecule has 124 valence electrons. The number of ether oxygens (including phenoxy) is 1. The molecule has 0 radical (unpaired) electrons. The predicted octanol–water partition coefficient (Wildman–Crippen LogP) is 4.88. The Morgan fingerprint density at radius 1 is 1.12 bits per heavy atom. The average molecular weight is 332 g/mol. The normalized spacial score (nSPS) is 10.9. The van der Waals surface area contributed by atoms with Crippen LogP contribution in [0.5, 0.6) is 5.75 Å². The summed E-state index contributed by atoms with van der Waals surface area (Å²) in [4.78, 5) is 15.1. The summed E-state index contributed by atoms with van der Waals surface area (Å²) in [5.41, 5.74) is 2.36. The largest absolute Gasteiger partial charge is 0.490 e. The van der Waals surface area contributed by atoms with Gasteiger partial charge in [0.25, 0.3) is 5.69 Å². The first-order chi connectivity index (χ1) is 12.2. The van der Waals surface area contributed by atoms with Crippen molar-refractivity contribution in [1.82, 2.24) is 4.98 Å². The second kappa shape index (κ2) is 7.40. The molecule has 0 atom stereocenters. The van der Waals surface area contributed by atoms with Gasteiger partial charge in [-0.1, -0.05) is 36.9 Å². The van der Waals surface area contributed by atoms with Crippen molar-refractivity contribution >= 4 is 28.7 Å². The molecule has 2 aromatic carbocycles. The van der Waals surface area contributed by atoms with Gasteiger partial charge in [0, 0.05) is 6.07 Å². The zero-order valence-electron chi connectivity index (χ0n) is 13.5. The summed E-state index contributed by atoms with van der Waals surface area (Å²) in [5, 5.41) is 11.6. The van der Waals surface area contributed by atoms with Crippen molar-refractivity contribution in [2.24, 2.45) is 0 Å². The fourth-order valence-corrected chi connectivity index (χ4v) is 2.45. The molecule has 0 aliphatic heterocycles. The zero-order chi connectivity index (χ0) is 17.6. The first kappa shape index (κ1) is 16.4. The van der Waals surface area contributed by atoms with Crippen LogP contribution in [0.15, 0.2) is 67.3 Å². The van der Waals surface area contributed by atoms with Gasteiger partial charge in [-0.3, -0.25) is 10.1 Å². The summed E-state index contributed by atoms with van der Waals surface area (Å²) in [7, 11) is 0. The number of nitro benzene ring substituents is 1. The Kier molecular flexibility index (Phi) is 4.85. The molecule has 3 aromatic rings. The Hall–Kier alpha value is -3.47. The summed E-state index contributed by atoms with van der Waals surface area (Å²) in [6, 6.07) is 16.1. The Morgan fingerprint density at radius 2 is 1.96 bits per heavy atom. The lowest BCUT2D eigenvalue weighted by Crippen LogP contribution is -1.92. The Bertz CT molecular complexity index is 964. The molecule has 1 heterocycles. The van der Waals surface area contributed by atoms with E-state index >= 15 is 0 Å².